The van der Waals surface area contributed by atoms with Crippen LogP contribution in [0.5, 0.6) is 11.5 Å². The fourth-order valence-electron chi connectivity index (χ4n) is 2.17. The van der Waals surface area contributed by atoms with Crippen LogP contribution in [0.4, 0.5) is 0 Å². The smallest absolute Gasteiger partial charge is 0.161 e. The third-order valence-corrected chi connectivity index (χ3v) is 3.16. The second kappa shape index (κ2) is 6.38. The molecule has 0 unspecified atom stereocenters. The first-order valence-electron chi connectivity index (χ1n) is 6.59. The zero-order valence-electron chi connectivity index (χ0n) is 12.1. The van der Waals surface area contributed by atoms with Crippen LogP contribution in [0.2, 0.25) is 0 Å². The van der Waals surface area contributed by atoms with Gasteiger partial charge in [0, 0.05) is 18.7 Å². The van der Waals surface area contributed by atoms with Crippen LogP contribution >= 0.6 is 0 Å². The Bertz CT molecular complexity index is 581. The summed E-state index contributed by atoms with van der Waals surface area (Å²) in [5.41, 5.74) is 8.74. The van der Waals surface area contributed by atoms with Gasteiger partial charge in [0.05, 0.1) is 26.1 Å². The highest BCUT2D eigenvalue weighted by Gasteiger charge is 2.15. The van der Waals surface area contributed by atoms with E-state index in [0.29, 0.717) is 18.0 Å². The normalized spacial score (nSPS) is 10.6. The Morgan fingerprint density at radius 2 is 1.90 bits per heavy atom. The lowest BCUT2D eigenvalue weighted by atomic mass is 10.0. The number of aromatic nitrogens is 3. The molecule has 0 spiro atoms. The highest BCUT2D eigenvalue weighted by atomic mass is 16.5. The van der Waals surface area contributed by atoms with E-state index in [9.17, 15) is 0 Å². The van der Waals surface area contributed by atoms with E-state index in [0.717, 1.165) is 29.8 Å². The molecule has 2 N–H and O–H groups in total. The van der Waals surface area contributed by atoms with E-state index in [4.69, 9.17) is 15.2 Å². The predicted octanol–water partition coefficient (Wildman–Crippen LogP) is 1.83. The maximum absolute atomic E-state index is 5.85. The fourth-order valence-corrected chi connectivity index (χ4v) is 2.17. The van der Waals surface area contributed by atoms with Crippen molar-refractivity contribution in [3.63, 3.8) is 0 Å². The molecular formula is C14H20N4O2. The number of aryl methyl sites for hydroxylation is 1. The molecule has 6 heteroatoms. The number of methoxy groups -OCH3 is 2. The van der Waals surface area contributed by atoms with E-state index in [1.54, 1.807) is 20.4 Å². The molecule has 0 saturated heterocycles. The molecule has 0 saturated carbocycles. The number of nitrogens with zero attached hydrogens (tertiary/aromatic N) is 3. The number of rotatable bonds is 6. The van der Waals surface area contributed by atoms with Crippen molar-refractivity contribution in [2.45, 2.75) is 26.4 Å². The summed E-state index contributed by atoms with van der Waals surface area (Å²) in [4.78, 5) is 0. The number of ether oxygens (including phenoxy) is 2. The molecule has 1 heterocycles. The Labute approximate surface area is 118 Å². The SMILES string of the molecule is CCCn1nncc1-c1cc(OC)c(OC)cc1CN. The van der Waals surface area contributed by atoms with Crippen molar-refractivity contribution >= 4 is 0 Å². The van der Waals surface area contributed by atoms with Gasteiger partial charge >= 0.3 is 0 Å². The minimum absolute atomic E-state index is 0.410. The van der Waals surface area contributed by atoms with Crippen LogP contribution in [0.3, 0.4) is 0 Å². The standard InChI is InChI=1S/C14H20N4O2/c1-4-5-18-12(9-16-17-18)11-7-14(20-3)13(19-2)6-10(11)8-15/h6-7,9H,4-5,8,15H2,1-3H3. The van der Waals surface area contributed by atoms with Gasteiger partial charge in [-0.25, -0.2) is 4.68 Å². The van der Waals surface area contributed by atoms with Gasteiger partial charge in [-0.2, -0.15) is 0 Å². The molecule has 1 aromatic carbocycles. The van der Waals surface area contributed by atoms with Crippen LogP contribution in [-0.4, -0.2) is 29.2 Å². The van der Waals surface area contributed by atoms with Gasteiger partial charge in [0.2, 0.25) is 0 Å². The Balaban J connectivity index is 2.57. The molecule has 2 rings (SSSR count). The van der Waals surface area contributed by atoms with Crippen molar-refractivity contribution in [2.24, 2.45) is 5.73 Å². The Morgan fingerprint density at radius 1 is 1.20 bits per heavy atom. The summed E-state index contributed by atoms with van der Waals surface area (Å²) < 4.78 is 12.5. The molecule has 0 aliphatic rings. The van der Waals surface area contributed by atoms with Gasteiger partial charge in [0.15, 0.2) is 11.5 Å². The van der Waals surface area contributed by atoms with Crippen LogP contribution < -0.4 is 15.2 Å². The monoisotopic (exact) mass is 276 g/mol. The topological polar surface area (TPSA) is 75.2 Å². The average molecular weight is 276 g/mol. The second-order valence-electron chi connectivity index (χ2n) is 4.41. The number of nitrogens with two attached hydrogens (primary N) is 1. The molecule has 0 bridgehead atoms. The summed E-state index contributed by atoms with van der Waals surface area (Å²) in [7, 11) is 3.23. The van der Waals surface area contributed by atoms with Crippen LogP contribution in [0.1, 0.15) is 18.9 Å². The van der Waals surface area contributed by atoms with Crippen LogP contribution in [0, 0.1) is 0 Å². The Kier molecular flexibility index (Phi) is 4.57. The highest BCUT2D eigenvalue weighted by molar-refractivity contribution is 5.68. The fraction of sp³-hybridized carbons (Fsp3) is 0.429. The molecular weight excluding hydrogens is 256 g/mol. The van der Waals surface area contributed by atoms with Crippen molar-refractivity contribution in [3.8, 4) is 22.8 Å². The van der Waals surface area contributed by atoms with Gasteiger partial charge < -0.3 is 15.2 Å². The minimum Gasteiger partial charge on any atom is -0.493 e. The summed E-state index contributed by atoms with van der Waals surface area (Å²) in [6.07, 6.45) is 2.73. The lowest BCUT2D eigenvalue weighted by Crippen LogP contribution is -2.06. The van der Waals surface area contributed by atoms with Crippen molar-refractivity contribution in [1.29, 1.82) is 0 Å². The summed E-state index contributed by atoms with van der Waals surface area (Å²) in [5, 5.41) is 8.10. The number of hydrogen-bond donors (Lipinski definition) is 1. The lowest BCUT2D eigenvalue weighted by molar-refractivity contribution is 0.354. The first-order valence-corrected chi connectivity index (χ1v) is 6.59. The predicted molar refractivity (Wildman–Crippen MR) is 76.7 cm³/mol. The molecule has 0 fully saturated rings. The number of benzene rings is 1. The molecule has 108 valence electrons. The summed E-state index contributed by atoms with van der Waals surface area (Å²) in [6, 6.07) is 3.82. The van der Waals surface area contributed by atoms with Gasteiger partial charge in [0.1, 0.15) is 0 Å². The van der Waals surface area contributed by atoms with Gasteiger partial charge in [0.25, 0.3) is 0 Å². The number of hydrogen-bond acceptors (Lipinski definition) is 5. The van der Waals surface area contributed by atoms with E-state index in [1.807, 2.05) is 16.8 Å². The maximum atomic E-state index is 5.85. The van der Waals surface area contributed by atoms with Gasteiger partial charge in [-0.3, -0.25) is 0 Å². The van der Waals surface area contributed by atoms with Crippen LogP contribution in [0.25, 0.3) is 11.3 Å². The highest BCUT2D eigenvalue weighted by Crippen LogP contribution is 2.35. The van der Waals surface area contributed by atoms with Gasteiger partial charge in [-0.05, 0) is 24.1 Å². The van der Waals surface area contributed by atoms with Crippen molar-refractivity contribution in [3.05, 3.63) is 23.9 Å². The first kappa shape index (κ1) is 14.3. The third-order valence-electron chi connectivity index (χ3n) is 3.16. The van der Waals surface area contributed by atoms with Gasteiger partial charge in [-0.15, -0.1) is 5.10 Å². The Hall–Kier alpha value is -2.08. The molecule has 20 heavy (non-hydrogen) atoms. The minimum atomic E-state index is 0.410. The van der Waals surface area contributed by atoms with E-state index in [2.05, 4.69) is 17.2 Å². The molecule has 0 aliphatic heterocycles. The van der Waals surface area contributed by atoms with E-state index in [1.165, 1.54) is 0 Å². The largest absolute Gasteiger partial charge is 0.493 e. The summed E-state index contributed by atoms with van der Waals surface area (Å²) >= 11 is 0. The lowest BCUT2D eigenvalue weighted by Gasteiger charge is -2.14. The third kappa shape index (κ3) is 2.60. The summed E-state index contributed by atoms with van der Waals surface area (Å²) in [6.45, 7) is 3.32. The summed E-state index contributed by atoms with van der Waals surface area (Å²) in [5.74, 6) is 1.34. The molecule has 2 aromatic rings. The molecule has 0 radical (unpaired) electrons. The van der Waals surface area contributed by atoms with Gasteiger partial charge in [-0.1, -0.05) is 12.1 Å². The van der Waals surface area contributed by atoms with E-state index >= 15 is 0 Å². The van der Waals surface area contributed by atoms with E-state index in [-0.39, 0.29) is 0 Å². The molecule has 0 atom stereocenters. The maximum Gasteiger partial charge on any atom is 0.161 e. The van der Waals surface area contributed by atoms with E-state index < -0.39 is 0 Å². The molecule has 6 nitrogen and oxygen atoms in total. The first-order chi connectivity index (χ1) is 9.74. The van der Waals surface area contributed by atoms with Crippen molar-refractivity contribution in [1.82, 2.24) is 15.0 Å². The van der Waals surface area contributed by atoms with Crippen LogP contribution in [-0.2, 0) is 13.1 Å². The van der Waals surface area contributed by atoms with Crippen molar-refractivity contribution in [2.75, 3.05) is 14.2 Å². The molecule has 1 aromatic heterocycles. The average Bonchev–Trinajstić information content (AvgIpc) is 2.94. The molecule has 0 amide bonds. The zero-order valence-corrected chi connectivity index (χ0v) is 12.1. The second-order valence-corrected chi connectivity index (χ2v) is 4.41. The van der Waals surface area contributed by atoms with Crippen LogP contribution in [0.15, 0.2) is 18.3 Å². The zero-order chi connectivity index (χ0) is 14.5. The van der Waals surface area contributed by atoms with Crippen molar-refractivity contribution < 1.29 is 9.47 Å². The molecule has 0 aliphatic carbocycles. The quantitative estimate of drug-likeness (QED) is 0.871. The Morgan fingerprint density at radius 3 is 2.50 bits per heavy atom.